The highest BCUT2D eigenvalue weighted by Crippen LogP contribution is 1.97. The molecular formula is CH18Si7. The van der Waals surface area contributed by atoms with Gasteiger partial charge in [-0.1, -0.05) is 6.55 Å². The molecule has 0 atom stereocenters. The molecule has 0 spiro atoms. The summed E-state index contributed by atoms with van der Waals surface area (Å²) in [6, 6.07) is 0. The molecule has 0 bridgehead atoms. The zero-order valence-electron chi connectivity index (χ0n) is 7.00. The van der Waals surface area contributed by atoms with Crippen molar-refractivity contribution in [1.29, 1.82) is 0 Å². The summed E-state index contributed by atoms with van der Waals surface area (Å²) in [6.07, 6.45) is -0.180. The minimum atomic E-state index is -0.257. The van der Waals surface area contributed by atoms with E-state index in [1.165, 1.54) is 0 Å². The number of rotatable bonds is 1. The third kappa shape index (κ3) is 2.89. The van der Waals surface area contributed by atoms with Gasteiger partial charge in [-0.15, -0.1) is 0 Å². The zero-order valence-corrected chi connectivity index (χ0v) is 19.0. The Morgan fingerprint density at radius 3 is 1.00 bits per heavy atom. The van der Waals surface area contributed by atoms with Crippen LogP contribution in [-0.4, -0.2) is 61.6 Å². The van der Waals surface area contributed by atoms with Crippen LogP contribution in [0.4, 0.5) is 0 Å². The molecule has 0 amide bonds. The average Bonchev–Trinajstić information content (AvgIpc) is 1.25. The molecule has 0 aliphatic carbocycles. The van der Waals surface area contributed by atoms with E-state index in [0.29, 0.717) is 0 Å². The largest absolute Gasteiger partial charge is 0.0767 e. The summed E-state index contributed by atoms with van der Waals surface area (Å²) in [4.78, 5) is 0. The van der Waals surface area contributed by atoms with Crippen LogP contribution in [0.3, 0.4) is 0 Å². The third-order valence-corrected chi connectivity index (χ3v) is 142. The summed E-state index contributed by atoms with van der Waals surface area (Å²) in [5, 5.41) is 0. The van der Waals surface area contributed by atoms with Crippen molar-refractivity contribution in [3.63, 3.8) is 0 Å². The maximum atomic E-state index is 2.70. The van der Waals surface area contributed by atoms with Crippen molar-refractivity contribution >= 4 is 61.6 Å². The van der Waals surface area contributed by atoms with E-state index in [2.05, 4.69) is 6.55 Å². The maximum absolute atomic E-state index is 2.70. The van der Waals surface area contributed by atoms with E-state index >= 15 is 0 Å². The third-order valence-electron chi connectivity index (χ3n) is 2.25. The van der Waals surface area contributed by atoms with Gasteiger partial charge >= 0.3 is 0 Å². The first-order valence-electron chi connectivity index (χ1n) is 3.25. The van der Waals surface area contributed by atoms with E-state index in [0.717, 1.165) is 0 Å². The van der Waals surface area contributed by atoms with Gasteiger partial charge in [-0.05, 0) is 54.9 Å². The van der Waals surface area contributed by atoms with Gasteiger partial charge in [0.25, 0.3) is 0 Å². The zero-order chi connectivity index (χ0) is 7.00. The summed E-state index contributed by atoms with van der Waals surface area (Å²) in [5.41, 5.74) is 0. The average molecular weight is 227 g/mol. The van der Waals surface area contributed by atoms with Crippen LogP contribution < -0.4 is 0 Å². The van der Waals surface area contributed by atoms with Gasteiger partial charge in [0.15, 0.2) is 0 Å². The Bertz CT molecular complexity index is 59.4. The SMILES string of the molecule is C[Si]([SiH3])([SiH3])[Si]([SiH3])([SiH3])[SiH3]. The molecule has 0 aromatic heterocycles. The van der Waals surface area contributed by atoms with E-state index in [1.54, 1.807) is 48.8 Å². The Morgan fingerprint density at radius 1 is 0.875 bits per heavy atom. The van der Waals surface area contributed by atoms with E-state index in [-0.39, 0.29) is 12.8 Å². The highest BCUT2D eigenvalue weighted by Gasteiger charge is 2.30. The molecule has 0 N–H and O–H groups in total. The smallest absolute Gasteiger partial charge is 0.00455 e. The van der Waals surface area contributed by atoms with E-state index in [4.69, 9.17) is 0 Å². The second kappa shape index (κ2) is 2.63. The fourth-order valence-electron chi connectivity index (χ4n) is 0. The molecule has 0 saturated carbocycles. The van der Waals surface area contributed by atoms with Gasteiger partial charge in [-0.2, -0.15) is 0 Å². The lowest BCUT2D eigenvalue weighted by Crippen LogP contribution is -2.65. The monoisotopic (exact) mass is 226 g/mol. The maximum Gasteiger partial charge on any atom is 0.00455 e. The molecule has 0 heterocycles. The number of hydrogen-bond acceptors (Lipinski definition) is 0. The van der Waals surface area contributed by atoms with E-state index in [1.807, 2.05) is 0 Å². The molecule has 0 aliphatic heterocycles. The topological polar surface area (TPSA) is 0 Å². The summed E-state index contributed by atoms with van der Waals surface area (Å²) in [5.74, 6) is 0. The molecule has 0 fully saturated rings. The quantitative estimate of drug-likeness (QED) is 0.391. The van der Waals surface area contributed by atoms with Gasteiger partial charge in [-0.3, -0.25) is 0 Å². The summed E-state index contributed by atoms with van der Waals surface area (Å²) in [6.45, 7) is 2.44. The minimum absolute atomic E-state index is 0.180. The Balaban J connectivity index is 4.02. The molecular weight excluding hydrogens is 209 g/mol. The fourth-order valence-corrected chi connectivity index (χ4v) is 0. The van der Waals surface area contributed by atoms with Gasteiger partial charge in [0.2, 0.25) is 0 Å². The summed E-state index contributed by atoms with van der Waals surface area (Å²) < 4.78 is 0. The highest BCUT2D eigenvalue weighted by atomic mass is 30.3. The van der Waals surface area contributed by atoms with Gasteiger partial charge < -0.3 is 0 Å². The summed E-state index contributed by atoms with van der Waals surface area (Å²) in [7, 11) is 8.35. The molecule has 0 nitrogen and oxygen atoms in total. The molecule has 8 heavy (non-hydrogen) atoms. The normalized spacial score (nSPS) is 28.1. The molecule has 7 heteroatoms. The first-order valence-corrected chi connectivity index (χ1v) is 26.2. The molecule has 0 aliphatic rings. The molecule has 0 aromatic rings. The van der Waals surface area contributed by atoms with E-state index in [9.17, 15) is 0 Å². The fraction of sp³-hybridized carbons (Fsp3) is 1.00. The second-order valence-corrected chi connectivity index (χ2v) is 99.0. The van der Waals surface area contributed by atoms with Crippen LogP contribution in [0.2, 0.25) is 6.55 Å². The molecule has 0 radical (unpaired) electrons. The Hall–Kier alpha value is 1.52. The van der Waals surface area contributed by atoms with Gasteiger partial charge in [0.1, 0.15) is 0 Å². The minimum Gasteiger partial charge on any atom is -0.0767 e. The molecule has 0 rings (SSSR count). The van der Waals surface area contributed by atoms with Gasteiger partial charge in [0.05, 0.1) is 0 Å². The van der Waals surface area contributed by atoms with Crippen molar-refractivity contribution in [2.45, 2.75) is 6.55 Å². The molecule has 0 aromatic carbocycles. The Morgan fingerprint density at radius 2 is 1.00 bits per heavy atom. The molecule has 0 unspecified atom stereocenters. The Kier molecular flexibility index (Phi) is 3.13. The van der Waals surface area contributed by atoms with Crippen LogP contribution in [0.25, 0.3) is 0 Å². The van der Waals surface area contributed by atoms with Crippen LogP contribution in [-0.2, 0) is 0 Å². The van der Waals surface area contributed by atoms with Gasteiger partial charge in [-0.25, -0.2) is 0 Å². The van der Waals surface area contributed by atoms with Crippen molar-refractivity contribution < 1.29 is 0 Å². The lowest BCUT2D eigenvalue weighted by atomic mass is 11.9. The van der Waals surface area contributed by atoms with E-state index < -0.39 is 0 Å². The van der Waals surface area contributed by atoms with Crippen molar-refractivity contribution in [2.24, 2.45) is 0 Å². The predicted octanol–water partition coefficient (Wildman–Crippen LogP) is -6.10. The Labute approximate surface area is 68.1 Å². The summed E-state index contributed by atoms with van der Waals surface area (Å²) >= 11 is 0. The second-order valence-electron chi connectivity index (χ2n) is 4.50. The van der Waals surface area contributed by atoms with Crippen LogP contribution in [0.15, 0.2) is 0 Å². The lowest BCUT2D eigenvalue weighted by Gasteiger charge is -2.31. The molecule has 50 valence electrons. The lowest BCUT2D eigenvalue weighted by molar-refractivity contribution is 2.29. The first-order chi connectivity index (χ1) is 3.25. The van der Waals surface area contributed by atoms with Crippen LogP contribution >= 0.6 is 0 Å². The van der Waals surface area contributed by atoms with Crippen molar-refractivity contribution in [3.05, 3.63) is 0 Å². The van der Waals surface area contributed by atoms with Crippen molar-refractivity contribution in [3.8, 4) is 0 Å². The number of hydrogen-bond donors (Lipinski definition) is 0. The van der Waals surface area contributed by atoms with Crippen LogP contribution in [0.5, 0.6) is 0 Å². The first kappa shape index (κ1) is 9.52. The standard InChI is InChI=1S/CH18Si7/c1-7(2,3)8(4,5)6/h1-6H3. The van der Waals surface area contributed by atoms with Crippen LogP contribution in [0, 0.1) is 0 Å². The molecule has 0 saturated heterocycles. The highest BCUT2D eigenvalue weighted by molar-refractivity contribution is 7.98. The van der Waals surface area contributed by atoms with Crippen LogP contribution in [0.1, 0.15) is 0 Å². The van der Waals surface area contributed by atoms with Gasteiger partial charge in [0, 0.05) is 6.63 Å². The predicted molar refractivity (Wildman–Crippen MR) is 67.1 cm³/mol. The van der Waals surface area contributed by atoms with Crippen molar-refractivity contribution in [1.82, 2.24) is 0 Å². The van der Waals surface area contributed by atoms with Crippen molar-refractivity contribution in [2.75, 3.05) is 0 Å².